The Hall–Kier alpha value is -8.20. The third-order valence-electron chi connectivity index (χ3n) is 14.6. The molecule has 2 nitrogen and oxygen atoms in total. The molecule has 1 spiro atoms. The van der Waals surface area contributed by atoms with Gasteiger partial charge in [0, 0.05) is 22.1 Å². The van der Waals surface area contributed by atoms with Crippen LogP contribution in [-0.2, 0) is 10.8 Å². The lowest BCUT2D eigenvalue weighted by molar-refractivity contribution is 0.563. The molecule has 310 valence electrons. The van der Waals surface area contributed by atoms with Crippen LogP contribution in [0.2, 0.25) is 0 Å². The molecular weight excluding hydrogens is 797 g/mol. The van der Waals surface area contributed by atoms with Crippen LogP contribution in [0.1, 0.15) is 47.2 Å². The van der Waals surface area contributed by atoms with Crippen molar-refractivity contribution in [1.29, 1.82) is 0 Å². The SMILES string of the molecule is CC1(C)c2ccccc2C2(c3ccc(-c4c5ccccc5c(-c5ccccc5)c5ccccc45)cc3-c3c(-c4nc(-c5ccccc5)cc(-c5ccccc5)n4)cccc32)c2ccccc21. The van der Waals surface area contributed by atoms with Gasteiger partial charge in [0.2, 0.25) is 0 Å². The van der Waals surface area contributed by atoms with Crippen molar-refractivity contribution in [2.45, 2.75) is 24.7 Å². The highest BCUT2D eigenvalue weighted by molar-refractivity contribution is 6.21. The first-order valence-corrected chi connectivity index (χ1v) is 23.0. The summed E-state index contributed by atoms with van der Waals surface area (Å²) in [6.07, 6.45) is 0. The Balaban J connectivity index is 1.16. The largest absolute Gasteiger partial charge is 0.228 e. The summed E-state index contributed by atoms with van der Waals surface area (Å²) >= 11 is 0. The van der Waals surface area contributed by atoms with Gasteiger partial charge in [0.1, 0.15) is 0 Å². The van der Waals surface area contributed by atoms with Crippen molar-refractivity contribution in [2.75, 3.05) is 0 Å². The summed E-state index contributed by atoms with van der Waals surface area (Å²) in [5, 5.41) is 4.95. The highest BCUT2D eigenvalue weighted by atomic mass is 14.9. The standard InChI is InChI=1S/C64H44N2/c1-63(2)52-32-16-18-34-54(52)64(55-35-19-17-33-53(55)63)51-38-37-44(60-47-29-14-12-27-45(47)59(43-25-10-5-11-26-43)46-28-13-15-30-48(46)60)39-50(51)61-49(31-20-36-56(61)64)62-65-57(41-21-6-3-7-22-41)40-58(66-62)42-23-8-4-9-24-42/h3-40H,1-2H3. The highest BCUT2D eigenvalue weighted by Gasteiger charge is 2.54. The number of rotatable bonds is 5. The molecule has 2 aliphatic rings. The van der Waals surface area contributed by atoms with E-state index in [-0.39, 0.29) is 5.41 Å². The van der Waals surface area contributed by atoms with Gasteiger partial charge in [-0.25, -0.2) is 9.97 Å². The summed E-state index contributed by atoms with van der Waals surface area (Å²) in [7, 11) is 0. The molecule has 0 bridgehead atoms. The van der Waals surface area contributed by atoms with Crippen LogP contribution in [0.4, 0.5) is 0 Å². The molecule has 0 unspecified atom stereocenters. The molecule has 0 saturated heterocycles. The summed E-state index contributed by atoms with van der Waals surface area (Å²) in [6.45, 7) is 4.77. The van der Waals surface area contributed by atoms with E-state index in [2.05, 4.69) is 244 Å². The van der Waals surface area contributed by atoms with Crippen molar-refractivity contribution in [2.24, 2.45) is 0 Å². The Morgan fingerprint density at radius 3 is 1.23 bits per heavy atom. The summed E-state index contributed by atoms with van der Waals surface area (Å²) in [4.78, 5) is 11.0. The number of nitrogens with zero attached hydrogens (tertiary/aromatic N) is 2. The zero-order valence-electron chi connectivity index (χ0n) is 36.8. The van der Waals surface area contributed by atoms with E-state index in [1.807, 2.05) is 0 Å². The molecule has 0 fully saturated rings. The lowest BCUT2D eigenvalue weighted by Gasteiger charge is -2.46. The van der Waals surface area contributed by atoms with Crippen LogP contribution in [-0.4, -0.2) is 9.97 Å². The number of fused-ring (bicyclic) bond motifs is 11. The van der Waals surface area contributed by atoms with Gasteiger partial charge in [-0.05, 0) is 100 Å². The maximum atomic E-state index is 5.48. The molecule has 11 aromatic rings. The molecule has 66 heavy (non-hydrogen) atoms. The molecule has 2 heteroatoms. The molecular formula is C64H44N2. The lowest BCUT2D eigenvalue weighted by Crippen LogP contribution is -2.40. The van der Waals surface area contributed by atoms with Gasteiger partial charge in [0.25, 0.3) is 0 Å². The third-order valence-corrected chi connectivity index (χ3v) is 14.6. The van der Waals surface area contributed by atoms with Crippen LogP contribution >= 0.6 is 0 Å². The van der Waals surface area contributed by atoms with E-state index in [1.54, 1.807) is 0 Å². The monoisotopic (exact) mass is 840 g/mol. The van der Waals surface area contributed by atoms with Crippen LogP contribution < -0.4 is 0 Å². The number of benzene rings is 10. The Labute approximate surface area is 385 Å². The molecule has 2 aliphatic carbocycles. The summed E-state index contributed by atoms with van der Waals surface area (Å²) in [5.41, 5.74) is 19.3. The van der Waals surface area contributed by atoms with Crippen molar-refractivity contribution in [3.05, 3.63) is 264 Å². The smallest absolute Gasteiger partial charge is 0.161 e. The van der Waals surface area contributed by atoms with Gasteiger partial charge in [-0.3, -0.25) is 0 Å². The molecule has 0 aliphatic heterocycles. The Morgan fingerprint density at radius 2 is 0.712 bits per heavy atom. The molecule has 0 radical (unpaired) electrons. The quantitative estimate of drug-likeness (QED) is 0.161. The van der Waals surface area contributed by atoms with Gasteiger partial charge in [-0.15, -0.1) is 0 Å². The van der Waals surface area contributed by atoms with Crippen molar-refractivity contribution in [1.82, 2.24) is 9.97 Å². The van der Waals surface area contributed by atoms with E-state index in [9.17, 15) is 0 Å². The Kier molecular flexibility index (Phi) is 8.51. The van der Waals surface area contributed by atoms with Crippen LogP contribution in [0.3, 0.4) is 0 Å². The second-order valence-corrected chi connectivity index (χ2v) is 18.4. The molecule has 0 saturated carbocycles. The van der Waals surface area contributed by atoms with E-state index in [0.717, 1.165) is 28.1 Å². The average Bonchev–Trinajstić information content (AvgIpc) is 3.68. The first-order valence-electron chi connectivity index (χ1n) is 23.0. The predicted molar refractivity (Wildman–Crippen MR) is 274 cm³/mol. The van der Waals surface area contributed by atoms with Gasteiger partial charge < -0.3 is 0 Å². The summed E-state index contributed by atoms with van der Waals surface area (Å²) < 4.78 is 0. The molecule has 0 atom stereocenters. The van der Waals surface area contributed by atoms with Crippen molar-refractivity contribution >= 4 is 21.5 Å². The highest BCUT2D eigenvalue weighted by Crippen LogP contribution is 2.64. The number of hydrogen-bond donors (Lipinski definition) is 0. The molecule has 13 rings (SSSR count). The average molecular weight is 841 g/mol. The van der Waals surface area contributed by atoms with E-state index in [0.29, 0.717) is 5.82 Å². The Bertz CT molecular complexity index is 3550. The van der Waals surface area contributed by atoms with Crippen LogP contribution in [0.5, 0.6) is 0 Å². The number of aromatic nitrogens is 2. The normalized spacial score (nSPS) is 13.8. The lowest BCUT2D eigenvalue weighted by atomic mass is 9.55. The van der Waals surface area contributed by atoms with E-state index < -0.39 is 5.41 Å². The van der Waals surface area contributed by atoms with Crippen LogP contribution in [0.15, 0.2) is 231 Å². The molecule has 0 amide bonds. The van der Waals surface area contributed by atoms with E-state index in [1.165, 1.54) is 88.3 Å². The van der Waals surface area contributed by atoms with Gasteiger partial charge in [-0.2, -0.15) is 0 Å². The van der Waals surface area contributed by atoms with Gasteiger partial charge in [0.15, 0.2) is 5.82 Å². The predicted octanol–water partition coefficient (Wildman–Crippen LogP) is 16.1. The van der Waals surface area contributed by atoms with Crippen LogP contribution in [0.25, 0.3) is 88.8 Å². The van der Waals surface area contributed by atoms with Gasteiger partial charge >= 0.3 is 0 Å². The van der Waals surface area contributed by atoms with Gasteiger partial charge in [0.05, 0.1) is 16.8 Å². The first-order chi connectivity index (χ1) is 32.5. The van der Waals surface area contributed by atoms with E-state index >= 15 is 0 Å². The summed E-state index contributed by atoms with van der Waals surface area (Å²) in [5.74, 6) is 0.710. The molecule has 0 N–H and O–H groups in total. The second-order valence-electron chi connectivity index (χ2n) is 18.4. The van der Waals surface area contributed by atoms with Crippen molar-refractivity contribution < 1.29 is 0 Å². The maximum absolute atomic E-state index is 5.48. The second kappa shape index (κ2) is 14.7. The van der Waals surface area contributed by atoms with E-state index in [4.69, 9.17) is 9.97 Å². The maximum Gasteiger partial charge on any atom is 0.161 e. The first kappa shape index (κ1) is 38.3. The fraction of sp³-hybridized carbons (Fsp3) is 0.0625. The topological polar surface area (TPSA) is 25.8 Å². The van der Waals surface area contributed by atoms with Crippen LogP contribution in [0, 0.1) is 0 Å². The third kappa shape index (κ3) is 5.48. The summed E-state index contributed by atoms with van der Waals surface area (Å²) in [6, 6.07) is 84.5. The fourth-order valence-electron chi connectivity index (χ4n) is 11.7. The molecule has 1 aromatic heterocycles. The molecule has 10 aromatic carbocycles. The minimum atomic E-state index is -0.595. The van der Waals surface area contributed by atoms with Crippen molar-refractivity contribution in [3.8, 4) is 67.3 Å². The minimum absolute atomic E-state index is 0.213. The van der Waals surface area contributed by atoms with Crippen molar-refractivity contribution in [3.63, 3.8) is 0 Å². The Morgan fingerprint density at radius 1 is 0.288 bits per heavy atom. The molecule has 1 heterocycles. The minimum Gasteiger partial charge on any atom is -0.228 e. The van der Waals surface area contributed by atoms with Gasteiger partial charge in [-0.1, -0.05) is 232 Å². The zero-order chi connectivity index (χ0) is 44.0. The number of hydrogen-bond acceptors (Lipinski definition) is 2. The zero-order valence-corrected chi connectivity index (χ0v) is 36.8. The fourth-order valence-corrected chi connectivity index (χ4v) is 11.7.